The Morgan fingerprint density at radius 3 is 2.50 bits per heavy atom. The molecule has 90 valence electrons. The lowest BCUT2D eigenvalue weighted by molar-refractivity contribution is 0.0679. The maximum atomic E-state index is 12.3. The van der Waals surface area contributed by atoms with Crippen LogP contribution in [0.3, 0.4) is 0 Å². The van der Waals surface area contributed by atoms with E-state index in [-0.39, 0.29) is 5.56 Å². The number of benzene rings is 2. The largest absolute Gasteiger partial charge is 0.456 e. The third kappa shape index (κ3) is 1.57. The van der Waals surface area contributed by atoms with Crippen LogP contribution < -0.4 is 0 Å². The van der Waals surface area contributed by atoms with E-state index in [1.165, 1.54) is 12.1 Å². The Hall–Kier alpha value is -2.23. The summed E-state index contributed by atoms with van der Waals surface area (Å²) in [5, 5.41) is 1.72. The molecule has 0 radical (unpaired) electrons. The highest BCUT2D eigenvalue weighted by Gasteiger charge is 2.19. The van der Waals surface area contributed by atoms with Crippen molar-refractivity contribution in [3.63, 3.8) is 0 Å². The summed E-state index contributed by atoms with van der Waals surface area (Å²) >= 11 is 0. The second kappa shape index (κ2) is 3.91. The normalized spacial score (nSPS) is 11.5. The van der Waals surface area contributed by atoms with E-state index in [1.54, 1.807) is 12.1 Å². The molecule has 4 heteroatoms. The fourth-order valence-corrected chi connectivity index (χ4v) is 2.01. The zero-order valence-corrected chi connectivity index (χ0v) is 9.19. The minimum Gasteiger partial charge on any atom is -0.456 e. The molecule has 3 aromatic rings. The summed E-state index contributed by atoms with van der Waals surface area (Å²) < 4.78 is 30.2. The lowest BCUT2D eigenvalue weighted by Crippen LogP contribution is -2.09. The summed E-state index contributed by atoms with van der Waals surface area (Å²) in [5.74, 6) is -1.18. The van der Waals surface area contributed by atoms with Crippen LogP contribution in [0.4, 0.5) is 8.78 Å². The minimum absolute atomic E-state index is 0.0310. The van der Waals surface area contributed by atoms with Crippen molar-refractivity contribution in [3.8, 4) is 0 Å². The highest BCUT2D eigenvalue weighted by Crippen LogP contribution is 2.29. The van der Waals surface area contributed by atoms with Gasteiger partial charge < -0.3 is 4.42 Å². The molecule has 0 saturated carbocycles. The van der Waals surface area contributed by atoms with E-state index in [9.17, 15) is 13.6 Å². The number of ketones is 1. The molecule has 18 heavy (non-hydrogen) atoms. The molecular weight excluding hydrogens is 238 g/mol. The Balaban J connectivity index is 2.24. The third-order valence-electron chi connectivity index (χ3n) is 2.86. The van der Waals surface area contributed by atoms with Crippen LogP contribution in [0.25, 0.3) is 21.9 Å². The zero-order chi connectivity index (χ0) is 12.7. The first-order valence-electron chi connectivity index (χ1n) is 5.40. The van der Waals surface area contributed by atoms with Gasteiger partial charge in [0.2, 0.25) is 5.78 Å². The Labute approximate surface area is 101 Å². The number of Topliss-reactive ketones (excluding diaryl/α,β-unsaturated/α-hetero) is 1. The topological polar surface area (TPSA) is 30.2 Å². The minimum atomic E-state index is -2.99. The maximum Gasteiger partial charge on any atom is 0.300 e. The van der Waals surface area contributed by atoms with Gasteiger partial charge in [0, 0.05) is 16.3 Å². The van der Waals surface area contributed by atoms with Crippen molar-refractivity contribution in [2.45, 2.75) is 6.43 Å². The monoisotopic (exact) mass is 246 g/mol. The van der Waals surface area contributed by atoms with Crippen molar-refractivity contribution in [3.05, 3.63) is 48.0 Å². The summed E-state index contributed by atoms with van der Waals surface area (Å²) in [6.45, 7) is 0. The van der Waals surface area contributed by atoms with Gasteiger partial charge in [-0.1, -0.05) is 24.3 Å². The molecule has 0 saturated heterocycles. The molecule has 0 aliphatic rings. The summed E-state index contributed by atoms with van der Waals surface area (Å²) in [7, 11) is 0. The third-order valence-corrected chi connectivity index (χ3v) is 2.86. The fraction of sp³-hybridized carbons (Fsp3) is 0.0714. The van der Waals surface area contributed by atoms with E-state index < -0.39 is 12.2 Å². The van der Waals surface area contributed by atoms with E-state index in [2.05, 4.69) is 0 Å². The second-order valence-corrected chi connectivity index (χ2v) is 3.97. The van der Waals surface area contributed by atoms with Crippen LogP contribution in [0.1, 0.15) is 10.4 Å². The Morgan fingerprint density at radius 2 is 1.72 bits per heavy atom. The number of carbonyl (C=O) groups is 1. The molecular formula is C14H8F2O2. The summed E-state index contributed by atoms with van der Waals surface area (Å²) in [6.07, 6.45) is -2.99. The molecule has 0 amide bonds. The molecule has 0 aliphatic carbocycles. The highest BCUT2D eigenvalue weighted by atomic mass is 19.3. The number of hydrogen-bond acceptors (Lipinski definition) is 2. The average Bonchev–Trinajstić information content (AvgIpc) is 2.75. The van der Waals surface area contributed by atoms with Crippen molar-refractivity contribution in [2.75, 3.05) is 0 Å². The Kier molecular flexibility index (Phi) is 2.37. The van der Waals surface area contributed by atoms with Gasteiger partial charge in [0.1, 0.15) is 11.2 Å². The molecule has 2 nitrogen and oxygen atoms in total. The van der Waals surface area contributed by atoms with E-state index in [4.69, 9.17) is 4.42 Å². The van der Waals surface area contributed by atoms with Gasteiger partial charge in [-0.3, -0.25) is 4.79 Å². The molecule has 0 spiro atoms. The van der Waals surface area contributed by atoms with Gasteiger partial charge in [-0.15, -0.1) is 0 Å². The summed E-state index contributed by atoms with van der Waals surface area (Å²) in [6, 6.07) is 11.8. The summed E-state index contributed by atoms with van der Waals surface area (Å²) in [4.78, 5) is 11.2. The first-order valence-corrected chi connectivity index (χ1v) is 5.40. The Bertz CT molecular complexity index is 744. The lowest BCUT2D eigenvalue weighted by Gasteiger charge is -1.98. The van der Waals surface area contributed by atoms with Crippen LogP contribution in [0.15, 0.2) is 46.9 Å². The number of hydrogen-bond donors (Lipinski definition) is 0. The highest BCUT2D eigenvalue weighted by molar-refractivity contribution is 6.08. The molecule has 2 aromatic carbocycles. The zero-order valence-electron chi connectivity index (χ0n) is 9.19. The average molecular weight is 246 g/mol. The number of alkyl halides is 2. The number of rotatable bonds is 2. The smallest absolute Gasteiger partial charge is 0.300 e. The van der Waals surface area contributed by atoms with E-state index >= 15 is 0 Å². The van der Waals surface area contributed by atoms with Gasteiger partial charge in [-0.05, 0) is 18.2 Å². The number of halogens is 2. The number of furan rings is 1. The first-order chi connectivity index (χ1) is 8.66. The van der Waals surface area contributed by atoms with Crippen molar-refractivity contribution >= 4 is 27.7 Å². The van der Waals surface area contributed by atoms with Gasteiger partial charge in [-0.25, -0.2) is 8.78 Å². The molecule has 0 bridgehead atoms. The quantitative estimate of drug-likeness (QED) is 0.639. The molecule has 3 rings (SSSR count). The van der Waals surface area contributed by atoms with Crippen LogP contribution in [0, 0.1) is 0 Å². The molecule has 0 N–H and O–H groups in total. The van der Waals surface area contributed by atoms with Crippen molar-refractivity contribution < 1.29 is 18.0 Å². The van der Waals surface area contributed by atoms with Crippen LogP contribution in [0.5, 0.6) is 0 Å². The van der Waals surface area contributed by atoms with Crippen molar-refractivity contribution in [2.24, 2.45) is 0 Å². The molecule has 0 atom stereocenters. The molecule has 1 aromatic heterocycles. The molecule has 0 unspecified atom stereocenters. The van der Waals surface area contributed by atoms with Crippen LogP contribution >= 0.6 is 0 Å². The Morgan fingerprint density at radius 1 is 1.00 bits per heavy atom. The van der Waals surface area contributed by atoms with Gasteiger partial charge >= 0.3 is 6.43 Å². The van der Waals surface area contributed by atoms with E-state index in [0.29, 0.717) is 11.2 Å². The first kappa shape index (κ1) is 10.9. The molecule has 0 aliphatic heterocycles. The number of para-hydroxylation sites is 1. The standard InChI is InChI=1S/C14H8F2O2/c15-14(16)13(17)8-5-6-10-9-3-1-2-4-11(9)18-12(10)7-8/h1-7,14H. The molecule has 0 fully saturated rings. The van der Waals surface area contributed by atoms with Gasteiger partial charge in [-0.2, -0.15) is 0 Å². The van der Waals surface area contributed by atoms with Crippen molar-refractivity contribution in [1.82, 2.24) is 0 Å². The predicted molar refractivity (Wildman–Crippen MR) is 64.1 cm³/mol. The fourth-order valence-electron chi connectivity index (χ4n) is 2.01. The predicted octanol–water partition coefficient (Wildman–Crippen LogP) is 4.03. The van der Waals surface area contributed by atoms with Gasteiger partial charge in [0.05, 0.1) is 0 Å². The number of fused-ring (bicyclic) bond motifs is 3. The maximum absolute atomic E-state index is 12.3. The molecule has 1 heterocycles. The van der Waals surface area contributed by atoms with E-state index in [1.807, 2.05) is 18.2 Å². The van der Waals surface area contributed by atoms with Crippen LogP contribution in [-0.2, 0) is 0 Å². The van der Waals surface area contributed by atoms with Crippen molar-refractivity contribution in [1.29, 1.82) is 0 Å². The SMILES string of the molecule is O=C(c1ccc2c(c1)oc1ccccc12)C(F)F. The lowest BCUT2D eigenvalue weighted by atomic mass is 10.1. The van der Waals surface area contributed by atoms with Gasteiger partial charge in [0.25, 0.3) is 0 Å². The summed E-state index contributed by atoms with van der Waals surface area (Å²) in [5.41, 5.74) is 1.09. The number of carbonyl (C=O) groups excluding carboxylic acids is 1. The van der Waals surface area contributed by atoms with E-state index in [0.717, 1.165) is 10.8 Å². The second-order valence-electron chi connectivity index (χ2n) is 3.97. The van der Waals surface area contributed by atoms with Crippen LogP contribution in [0.2, 0.25) is 0 Å². The van der Waals surface area contributed by atoms with Crippen LogP contribution in [-0.4, -0.2) is 12.2 Å². The van der Waals surface area contributed by atoms with Gasteiger partial charge in [0.15, 0.2) is 0 Å².